The van der Waals surface area contributed by atoms with Crippen LogP contribution in [0.25, 0.3) is 0 Å². The average molecular weight is 341 g/mol. The van der Waals surface area contributed by atoms with Crippen molar-refractivity contribution in [2.75, 3.05) is 20.6 Å². The highest BCUT2D eigenvalue weighted by Crippen LogP contribution is 2.29. The van der Waals surface area contributed by atoms with E-state index in [1.165, 1.54) is 12.1 Å². The number of aliphatic hydroxyl groups is 1. The Bertz CT molecular complexity index is 576. The summed E-state index contributed by atoms with van der Waals surface area (Å²) in [5, 5.41) is 9.35. The average Bonchev–Trinajstić information content (AvgIpc) is 2.37. The lowest BCUT2D eigenvalue weighted by Gasteiger charge is -2.20. The largest absolute Gasteiger partial charge is 0.392 e. The van der Waals surface area contributed by atoms with Crippen molar-refractivity contribution < 1.29 is 13.5 Å². The van der Waals surface area contributed by atoms with E-state index >= 15 is 0 Å². The summed E-state index contributed by atoms with van der Waals surface area (Å²) in [4.78, 5) is 1.77. The molecule has 20 heavy (non-hydrogen) atoms. The van der Waals surface area contributed by atoms with Crippen molar-refractivity contribution in [1.82, 2.24) is 9.62 Å². The van der Waals surface area contributed by atoms with Crippen molar-refractivity contribution in [2.24, 2.45) is 0 Å². The maximum Gasteiger partial charge on any atom is 0.242 e. The van der Waals surface area contributed by atoms with Crippen LogP contribution in [0.5, 0.6) is 0 Å². The van der Waals surface area contributed by atoms with Gasteiger partial charge in [-0.2, -0.15) is 0 Å². The van der Waals surface area contributed by atoms with E-state index in [-0.39, 0.29) is 39.7 Å². The summed E-state index contributed by atoms with van der Waals surface area (Å²) in [6.45, 7) is 1.75. The first-order valence-corrected chi connectivity index (χ1v) is 8.17. The molecule has 1 aromatic carbocycles. The molecule has 114 valence electrons. The van der Waals surface area contributed by atoms with Gasteiger partial charge in [-0.1, -0.05) is 23.2 Å². The molecule has 0 bridgehead atoms. The Balaban J connectivity index is 3.07. The second-order valence-electron chi connectivity index (χ2n) is 4.70. The Labute approximate surface area is 129 Å². The highest BCUT2D eigenvalue weighted by atomic mass is 35.5. The van der Waals surface area contributed by atoms with E-state index in [0.717, 1.165) is 0 Å². The lowest BCUT2D eigenvalue weighted by Crippen LogP contribution is -2.38. The Morgan fingerprint density at radius 1 is 1.35 bits per heavy atom. The first kappa shape index (κ1) is 17.7. The zero-order chi connectivity index (χ0) is 15.5. The number of benzene rings is 1. The Morgan fingerprint density at radius 2 is 1.95 bits per heavy atom. The number of rotatable bonds is 6. The molecular formula is C12H18Cl2N2O3S. The van der Waals surface area contributed by atoms with Crippen LogP contribution in [-0.2, 0) is 16.6 Å². The molecule has 0 saturated heterocycles. The third kappa shape index (κ3) is 4.31. The number of sulfonamides is 1. The molecule has 0 saturated carbocycles. The van der Waals surface area contributed by atoms with E-state index in [1.807, 2.05) is 25.9 Å². The van der Waals surface area contributed by atoms with Gasteiger partial charge in [-0.3, -0.25) is 0 Å². The Morgan fingerprint density at radius 3 is 2.45 bits per heavy atom. The van der Waals surface area contributed by atoms with Gasteiger partial charge in [-0.25, -0.2) is 13.1 Å². The molecule has 0 aliphatic carbocycles. The third-order valence-electron chi connectivity index (χ3n) is 2.99. The van der Waals surface area contributed by atoms with Crippen molar-refractivity contribution in [2.45, 2.75) is 24.5 Å². The molecule has 5 nitrogen and oxygen atoms in total. The molecule has 1 rings (SSSR count). The summed E-state index contributed by atoms with van der Waals surface area (Å²) >= 11 is 11.8. The van der Waals surface area contributed by atoms with Gasteiger partial charge in [-0.05, 0) is 38.7 Å². The molecule has 1 aromatic rings. The van der Waals surface area contributed by atoms with Crippen LogP contribution in [0.4, 0.5) is 0 Å². The predicted octanol–water partition coefficient (Wildman–Crippen LogP) is 1.71. The zero-order valence-electron chi connectivity index (χ0n) is 11.5. The first-order chi connectivity index (χ1) is 9.19. The highest BCUT2D eigenvalue weighted by molar-refractivity contribution is 7.89. The number of hydrogen-bond donors (Lipinski definition) is 2. The fourth-order valence-electron chi connectivity index (χ4n) is 1.42. The van der Waals surface area contributed by atoms with Crippen molar-refractivity contribution in [3.05, 3.63) is 27.7 Å². The normalized spacial score (nSPS) is 13.8. The summed E-state index contributed by atoms with van der Waals surface area (Å²) in [6.07, 6.45) is 0. The SMILES string of the molecule is CC(CNS(=O)(=O)c1cc(Cl)cc(CO)c1Cl)N(C)C. The minimum Gasteiger partial charge on any atom is -0.392 e. The monoisotopic (exact) mass is 340 g/mol. The minimum absolute atomic E-state index is 0.0121. The zero-order valence-corrected chi connectivity index (χ0v) is 13.8. The van der Waals surface area contributed by atoms with E-state index in [9.17, 15) is 8.42 Å². The van der Waals surface area contributed by atoms with Crippen LogP contribution in [0, 0.1) is 0 Å². The van der Waals surface area contributed by atoms with Gasteiger partial charge in [0.25, 0.3) is 0 Å². The molecule has 0 aromatic heterocycles. The number of nitrogens with zero attached hydrogens (tertiary/aromatic N) is 1. The number of halogens is 2. The second-order valence-corrected chi connectivity index (χ2v) is 7.25. The minimum atomic E-state index is -3.78. The maximum absolute atomic E-state index is 12.2. The number of nitrogens with one attached hydrogen (secondary N) is 1. The van der Waals surface area contributed by atoms with E-state index in [0.29, 0.717) is 0 Å². The Kier molecular flexibility index (Phi) is 6.25. The summed E-state index contributed by atoms with van der Waals surface area (Å²) < 4.78 is 27.0. The topological polar surface area (TPSA) is 69.6 Å². The molecule has 0 fully saturated rings. The van der Waals surface area contributed by atoms with Crippen LogP contribution in [-0.4, -0.2) is 45.1 Å². The van der Waals surface area contributed by atoms with Gasteiger partial charge in [0.2, 0.25) is 10.0 Å². The standard InChI is InChI=1S/C12H18Cl2N2O3S/c1-8(16(2)3)6-15-20(18,19)11-5-10(13)4-9(7-17)12(11)14/h4-5,8,15,17H,6-7H2,1-3H3. The van der Waals surface area contributed by atoms with Crippen LogP contribution in [0.15, 0.2) is 17.0 Å². The number of hydrogen-bond acceptors (Lipinski definition) is 4. The van der Waals surface area contributed by atoms with Gasteiger partial charge < -0.3 is 10.0 Å². The van der Waals surface area contributed by atoms with Crippen molar-refractivity contribution in [3.63, 3.8) is 0 Å². The van der Waals surface area contributed by atoms with Crippen molar-refractivity contribution in [3.8, 4) is 0 Å². The van der Waals surface area contributed by atoms with E-state index in [1.54, 1.807) is 0 Å². The fourth-order valence-corrected chi connectivity index (χ4v) is 3.46. The Hall–Kier alpha value is -0.370. The smallest absolute Gasteiger partial charge is 0.242 e. The van der Waals surface area contributed by atoms with Crippen LogP contribution in [0.1, 0.15) is 12.5 Å². The molecule has 0 heterocycles. The molecule has 0 radical (unpaired) electrons. The van der Waals surface area contributed by atoms with Crippen LogP contribution < -0.4 is 4.72 Å². The lowest BCUT2D eigenvalue weighted by atomic mass is 10.2. The molecule has 0 spiro atoms. The van der Waals surface area contributed by atoms with Gasteiger partial charge in [0, 0.05) is 17.6 Å². The van der Waals surface area contributed by atoms with Gasteiger partial charge >= 0.3 is 0 Å². The fraction of sp³-hybridized carbons (Fsp3) is 0.500. The summed E-state index contributed by atoms with van der Waals surface area (Å²) in [5.41, 5.74) is 0.278. The third-order valence-corrected chi connectivity index (χ3v) is 5.21. The predicted molar refractivity (Wildman–Crippen MR) is 80.7 cm³/mol. The summed E-state index contributed by atoms with van der Waals surface area (Å²) in [6, 6.07) is 2.73. The van der Waals surface area contributed by atoms with Crippen LogP contribution in [0.2, 0.25) is 10.0 Å². The molecular weight excluding hydrogens is 323 g/mol. The molecule has 0 amide bonds. The number of aliphatic hydroxyl groups excluding tert-OH is 1. The maximum atomic E-state index is 12.2. The van der Waals surface area contributed by atoms with Gasteiger partial charge in [0.15, 0.2) is 0 Å². The van der Waals surface area contributed by atoms with E-state index in [2.05, 4.69) is 4.72 Å². The second kappa shape index (κ2) is 7.06. The molecule has 2 N–H and O–H groups in total. The quantitative estimate of drug-likeness (QED) is 0.827. The van der Waals surface area contributed by atoms with Crippen molar-refractivity contribution in [1.29, 1.82) is 0 Å². The summed E-state index contributed by atoms with van der Waals surface area (Å²) in [7, 11) is -0.0661. The molecule has 0 aliphatic heterocycles. The first-order valence-electron chi connectivity index (χ1n) is 5.94. The van der Waals surface area contributed by atoms with E-state index in [4.69, 9.17) is 28.3 Å². The van der Waals surface area contributed by atoms with Gasteiger partial charge in [0.05, 0.1) is 11.6 Å². The van der Waals surface area contributed by atoms with Crippen LogP contribution >= 0.6 is 23.2 Å². The lowest BCUT2D eigenvalue weighted by molar-refractivity contribution is 0.281. The van der Waals surface area contributed by atoms with Gasteiger partial charge in [-0.15, -0.1) is 0 Å². The van der Waals surface area contributed by atoms with Crippen LogP contribution in [0.3, 0.4) is 0 Å². The molecule has 1 atom stereocenters. The molecule has 1 unspecified atom stereocenters. The molecule has 8 heteroatoms. The van der Waals surface area contributed by atoms with Crippen molar-refractivity contribution >= 4 is 33.2 Å². The van der Waals surface area contributed by atoms with Gasteiger partial charge in [0.1, 0.15) is 4.90 Å². The highest BCUT2D eigenvalue weighted by Gasteiger charge is 2.21. The van der Waals surface area contributed by atoms with E-state index < -0.39 is 10.0 Å². The molecule has 0 aliphatic rings. The number of likely N-dealkylation sites (N-methyl/N-ethyl adjacent to an activating group) is 1. The summed E-state index contributed by atoms with van der Waals surface area (Å²) in [5.74, 6) is 0.